The molecule has 6 rings (SSSR count). The number of nitro benzene ring substituents is 1. The molecule has 0 saturated carbocycles. The SMILES string of the molecule is CCn1c2ccccc2c2cc(NC(=O)C(Sc3ccc(NC(=O)c4cccc([N+](=O)[O-])c4)cc3)c3ccccc3)ccc21. The van der Waals surface area contributed by atoms with Crippen molar-refractivity contribution in [3.63, 3.8) is 0 Å². The monoisotopic (exact) mass is 600 g/mol. The van der Waals surface area contributed by atoms with Crippen molar-refractivity contribution in [1.82, 2.24) is 4.57 Å². The van der Waals surface area contributed by atoms with Crippen LogP contribution in [0.25, 0.3) is 21.8 Å². The second kappa shape index (κ2) is 12.4. The van der Waals surface area contributed by atoms with E-state index in [1.54, 1.807) is 12.1 Å². The minimum atomic E-state index is -0.536. The molecule has 1 unspecified atom stereocenters. The molecule has 5 aromatic carbocycles. The van der Waals surface area contributed by atoms with Gasteiger partial charge in [-0.3, -0.25) is 19.7 Å². The summed E-state index contributed by atoms with van der Waals surface area (Å²) in [5.74, 6) is -0.600. The number of nitrogens with one attached hydrogen (secondary N) is 2. The summed E-state index contributed by atoms with van der Waals surface area (Å²) in [5, 5.41) is 18.7. The molecule has 2 amide bonds. The average molecular weight is 601 g/mol. The number of para-hydroxylation sites is 1. The van der Waals surface area contributed by atoms with Crippen LogP contribution in [-0.4, -0.2) is 21.3 Å². The third-order valence-corrected chi connectivity index (χ3v) is 8.65. The number of anilines is 2. The number of hydrogen-bond donors (Lipinski definition) is 2. The minimum Gasteiger partial charge on any atom is -0.341 e. The third-order valence-electron chi connectivity index (χ3n) is 7.38. The molecule has 0 aliphatic rings. The normalized spacial score (nSPS) is 11.8. The number of thioether (sulfide) groups is 1. The first-order chi connectivity index (χ1) is 21.4. The molecule has 1 aromatic heterocycles. The summed E-state index contributed by atoms with van der Waals surface area (Å²) in [4.78, 5) is 37.8. The van der Waals surface area contributed by atoms with E-state index in [0.29, 0.717) is 5.69 Å². The molecule has 218 valence electrons. The van der Waals surface area contributed by atoms with E-state index >= 15 is 0 Å². The van der Waals surface area contributed by atoms with Crippen LogP contribution in [0, 0.1) is 10.1 Å². The fourth-order valence-electron chi connectivity index (χ4n) is 5.30. The molecule has 1 heterocycles. The average Bonchev–Trinajstić information content (AvgIpc) is 3.37. The Balaban J connectivity index is 1.21. The maximum Gasteiger partial charge on any atom is 0.270 e. The van der Waals surface area contributed by atoms with Gasteiger partial charge in [-0.15, -0.1) is 11.8 Å². The number of carbonyl (C=O) groups is 2. The van der Waals surface area contributed by atoms with E-state index in [2.05, 4.69) is 40.3 Å². The topological polar surface area (TPSA) is 106 Å². The lowest BCUT2D eigenvalue weighted by Gasteiger charge is -2.18. The quantitative estimate of drug-likeness (QED) is 0.0984. The smallest absolute Gasteiger partial charge is 0.270 e. The van der Waals surface area contributed by atoms with Crippen molar-refractivity contribution in [3.05, 3.63) is 143 Å². The number of rotatable bonds is 9. The zero-order valence-corrected chi connectivity index (χ0v) is 24.6. The van der Waals surface area contributed by atoms with Crippen LogP contribution in [0.4, 0.5) is 17.1 Å². The summed E-state index contributed by atoms with van der Waals surface area (Å²) in [7, 11) is 0. The van der Waals surface area contributed by atoms with Crippen LogP contribution in [0.3, 0.4) is 0 Å². The Labute approximate surface area is 257 Å². The van der Waals surface area contributed by atoms with E-state index in [1.807, 2.05) is 66.7 Å². The highest BCUT2D eigenvalue weighted by molar-refractivity contribution is 8.00. The Kier molecular flexibility index (Phi) is 8.12. The largest absolute Gasteiger partial charge is 0.341 e. The molecule has 0 fully saturated rings. The minimum absolute atomic E-state index is 0.150. The number of carbonyl (C=O) groups excluding carboxylic acids is 2. The summed E-state index contributed by atoms with van der Waals surface area (Å²) < 4.78 is 2.27. The lowest BCUT2D eigenvalue weighted by atomic mass is 10.1. The van der Waals surface area contributed by atoms with Gasteiger partial charge in [-0.25, -0.2) is 0 Å². The number of hydrogen-bond acceptors (Lipinski definition) is 5. The van der Waals surface area contributed by atoms with Gasteiger partial charge < -0.3 is 15.2 Å². The Morgan fingerprint density at radius 2 is 1.48 bits per heavy atom. The number of aryl methyl sites for hydroxylation is 1. The Hall–Kier alpha value is -5.41. The first kappa shape index (κ1) is 28.7. The van der Waals surface area contributed by atoms with Crippen molar-refractivity contribution in [2.75, 3.05) is 10.6 Å². The van der Waals surface area contributed by atoms with Crippen LogP contribution in [0.2, 0.25) is 0 Å². The van der Waals surface area contributed by atoms with Crippen molar-refractivity contribution >= 4 is 62.4 Å². The number of aromatic nitrogens is 1. The molecular weight excluding hydrogens is 572 g/mol. The van der Waals surface area contributed by atoms with Gasteiger partial charge in [-0.1, -0.05) is 54.6 Å². The molecule has 0 aliphatic carbocycles. The molecule has 9 heteroatoms. The van der Waals surface area contributed by atoms with Gasteiger partial charge in [0.05, 0.1) is 4.92 Å². The number of nitro groups is 1. The van der Waals surface area contributed by atoms with Gasteiger partial charge in [0.1, 0.15) is 5.25 Å². The molecular formula is C35H28N4O4S. The first-order valence-electron chi connectivity index (χ1n) is 14.1. The van der Waals surface area contributed by atoms with Gasteiger partial charge in [-0.05, 0) is 67.1 Å². The summed E-state index contributed by atoms with van der Waals surface area (Å²) in [6.45, 7) is 2.97. The van der Waals surface area contributed by atoms with Gasteiger partial charge in [0.25, 0.3) is 11.6 Å². The van der Waals surface area contributed by atoms with E-state index < -0.39 is 16.1 Å². The fraction of sp³-hybridized carbons (Fsp3) is 0.0857. The van der Waals surface area contributed by atoms with Crippen LogP contribution in [0.5, 0.6) is 0 Å². The number of fused-ring (bicyclic) bond motifs is 3. The lowest BCUT2D eigenvalue weighted by Crippen LogP contribution is -2.19. The van der Waals surface area contributed by atoms with E-state index in [0.717, 1.165) is 44.5 Å². The predicted octanol–water partition coefficient (Wildman–Crippen LogP) is 8.45. The molecule has 0 radical (unpaired) electrons. The van der Waals surface area contributed by atoms with Crippen molar-refractivity contribution in [1.29, 1.82) is 0 Å². The highest BCUT2D eigenvalue weighted by Gasteiger charge is 2.23. The van der Waals surface area contributed by atoms with E-state index in [-0.39, 0.29) is 17.2 Å². The second-order valence-electron chi connectivity index (χ2n) is 10.2. The molecule has 2 N–H and O–H groups in total. The maximum absolute atomic E-state index is 13.8. The third kappa shape index (κ3) is 5.91. The van der Waals surface area contributed by atoms with Crippen LogP contribution in [-0.2, 0) is 11.3 Å². The summed E-state index contributed by atoms with van der Waals surface area (Å²) in [5.41, 5.74) is 4.45. The second-order valence-corrected chi connectivity index (χ2v) is 11.4. The predicted molar refractivity (Wildman–Crippen MR) is 176 cm³/mol. The van der Waals surface area contributed by atoms with Crippen molar-refractivity contribution < 1.29 is 14.5 Å². The molecule has 0 bridgehead atoms. The van der Waals surface area contributed by atoms with Gasteiger partial charge in [0.15, 0.2) is 0 Å². The molecule has 0 spiro atoms. The summed E-state index contributed by atoms with van der Waals surface area (Å²) >= 11 is 1.41. The molecule has 8 nitrogen and oxygen atoms in total. The van der Waals surface area contributed by atoms with E-state index in [4.69, 9.17) is 0 Å². The highest BCUT2D eigenvalue weighted by Crippen LogP contribution is 2.37. The van der Waals surface area contributed by atoms with E-state index in [1.165, 1.54) is 36.0 Å². The number of non-ortho nitro benzene ring substituents is 1. The van der Waals surface area contributed by atoms with Crippen LogP contribution in [0.1, 0.15) is 28.1 Å². The fourth-order valence-corrected chi connectivity index (χ4v) is 6.32. The van der Waals surface area contributed by atoms with Crippen molar-refractivity contribution in [3.8, 4) is 0 Å². The zero-order valence-electron chi connectivity index (χ0n) is 23.8. The number of amides is 2. The summed E-state index contributed by atoms with van der Waals surface area (Å²) in [6.07, 6.45) is 0. The number of benzene rings is 5. The lowest BCUT2D eigenvalue weighted by molar-refractivity contribution is -0.384. The first-order valence-corrected chi connectivity index (χ1v) is 15.0. The van der Waals surface area contributed by atoms with Gasteiger partial charge in [0, 0.05) is 62.3 Å². The van der Waals surface area contributed by atoms with Crippen LogP contribution in [0.15, 0.2) is 126 Å². The molecule has 44 heavy (non-hydrogen) atoms. The van der Waals surface area contributed by atoms with Crippen LogP contribution < -0.4 is 10.6 Å². The Bertz CT molecular complexity index is 2010. The Morgan fingerprint density at radius 3 is 2.23 bits per heavy atom. The Morgan fingerprint density at radius 1 is 0.773 bits per heavy atom. The number of nitrogens with zero attached hydrogens (tertiary/aromatic N) is 2. The maximum atomic E-state index is 13.8. The summed E-state index contributed by atoms with van der Waals surface area (Å²) in [6, 6.07) is 36.7. The zero-order chi connectivity index (χ0) is 30.6. The van der Waals surface area contributed by atoms with E-state index in [9.17, 15) is 19.7 Å². The van der Waals surface area contributed by atoms with Crippen LogP contribution >= 0.6 is 11.8 Å². The van der Waals surface area contributed by atoms with Crippen molar-refractivity contribution in [2.24, 2.45) is 0 Å². The standard InChI is InChI=1S/C35H28N4O4S/c1-2-38-31-14-7-6-13-29(31)30-22-26(17-20-32(30)38)37-35(41)33(23-9-4-3-5-10-23)44-28-18-15-25(16-19-28)36-34(40)24-11-8-12-27(21-24)39(42)43/h3-22,33H,2H2,1H3,(H,36,40)(H,37,41). The molecule has 1 atom stereocenters. The molecule has 0 aliphatic heterocycles. The molecule has 6 aromatic rings. The van der Waals surface area contributed by atoms with Gasteiger partial charge in [-0.2, -0.15) is 0 Å². The van der Waals surface area contributed by atoms with Gasteiger partial charge >= 0.3 is 0 Å². The van der Waals surface area contributed by atoms with Gasteiger partial charge in [0.2, 0.25) is 5.91 Å². The van der Waals surface area contributed by atoms with Crippen molar-refractivity contribution in [2.45, 2.75) is 23.6 Å². The highest BCUT2D eigenvalue weighted by atomic mass is 32.2. The molecule has 0 saturated heterocycles.